The van der Waals surface area contributed by atoms with Crippen molar-refractivity contribution in [3.63, 3.8) is 0 Å². The van der Waals surface area contributed by atoms with Crippen LogP contribution >= 0.6 is 0 Å². The zero-order valence-electron chi connectivity index (χ0n) is 10.1. The third-order valence-electron chi connectivity index (χ3n) is 2.83. The SMILES string of the molecule is CCC(C#N)S(=O)(=O)NCCN1CCNCC1. The van der Waals surface area contributed by atoms with Crippen LogP contribution in [0.3, 0.4) is 0 Å². The summed E-state index contributed by atoms with van der Waals surface area (Å²) >= 11 is 0. The van der Waals surface area contributed by atoms with Crippen LogP contribution < -0.4 is 10.0 Å². The van der Waals surface area contributed by atoms with Crippen molar-refractivity contribution >= 4 is 10.0 Å². The first-order chi connectivity index (χ1) is 8.10. The predicted molar refractivity (Wildman–Crippen MR) is 65.9 cm³/mol. The van der Waals surface area contributed by atoms with Gasteiger partial charge in [-0.3, -0.25) is 4.90 Å². The fourth-order valence-corrected chi connectivity index (χ4v) is 2.92. The van der Waals surface area contributed by atoms with Gasteiger partial charge < -0.3 is 5.32 Å². The fourth-order valence-electron chi connectivity index (χ4n) is 1.76. The average molecular weight is 260 g/mol. The van der Waals surface area contributed by atoms with Crippen molar-refractivity contribution in [2.75, 3.05) is 39.3 Å². The normalized spacial score (nSPS) is 19.8. The van der Waals surface area contributed by atoms with Gasteiger partial charge in [-0.2, -0.15) is 5.26 Å². The largest absolute Gasteiger partial charge is 0.314 e. The number of piperazine rings is 1. The number of nitriles is 1. The van der Waals surface area contributed by atoms with E-state index in [9.17, 15) is 8.42 Å². The van der Waals surface area contributed by atoms with Gasteiger partial charge >= 0.3 is 0 Å². The van der Waals surface area contributed by atoms with Gasteiger partial charge in [0.05, 0.1) is 6.07 Å². The number of hydrogen-bond acceptors (Lipinski definition) is 5. The summed E-state index contributed by atoms with van der Waals surface area (Å²) in [5, 5.41) is 11.0. The molecule has 1 aliphatic heterocycles. The summed E-state index contributed by atoms with van der Waals surface area (Å²) in [6.07, 6.45) is 0.319. The Bertz CT molecular complexity index is 357. The lowest BCUT2D eigenvalue weighted by Gasteiger charge is -2.27. The monoisotopic (exact) mass is 260 g/mol. The lowest BCUT2D eigenvalue weighted by Crippen LogP contribution is -2.46. The van der Waals surface area contributed by atoms with Crippen molar-refractivity contribution in [3.05, 3.63) is 0 Å². The Hall–Kier alpha value is -0.680. The quantitative estimate of drug-likeness (QED) is 0.647. The van der Waals surface area contributed by atoms with E-state index in [2.05, 4.69) is 14.9 Å². The van der Waals surface area contributed by atoms with Gasteiger partial charge in [0.1, 0.15) is 0 Å². The number of hydrogen-bond donors (Lipinski definition) is 2. The first kappa shape index (κ1) is 14.4. The second-order valence-corrected chi connectivity index (χ2v) is 6.00. The van der Waals surface area contributed by atoms with E-state index in [0.29, 0.717) is 19.5 Å². The smallest absolute Gasteiger partial charge is 0.228 e. The van der Waals surface area contributed by atoms with Gasteiger partial charge in [-0.1, -0.05) is 6.92 Å². The first-order valence-electron chi connectivity index (χ1n) is 5.91. The molecule has 0 saturated carbocycles. The maximum Gasteiger partial charge on any atom is 0.228 e. The third kappa shape index (κ3) is 4.60. The minimum Gasteiger partial charge on any atom is -0.314 e. The number of rotatable bonds is 6. The average Bonchev–Trinajstić information content (AvgIpc) is 2.31. The highest BCUT2D eigenvalue weighted by molar-refractivity contribution is 7.90. The van der Waals surface area contributed by atoms with Gasteiger partial charge in [-0.15, -0.1) is 0 Å². The van der Waals surface area contributed by atoms with E-state index in [4.69, 9.17) is 5.26 Å². The van der Waals surface area contributed by atoms with Gasteiger partial charge in [0, 0.05) is 39.3 Å². The molecule has 0 bridgehead atoms. The van der Waals surface area contributed by atoms with E-state index in [-0.39, 0.29) is 0 Å². The van der Waals surface area contributed by atoms with Crippen molar-refractivity contribution in [3.8, 4) is 6.07 Å². The minimum absolute atomic E-state index is 0.319. The lowest BCUT2D eigenvalue weighted by molar-refractivity contribution is 0.245. The zero-order chi connectivity index (χ0) is 12.7. The lowest BCUT2D eigenvalue weighted by atomic mass is 10.3. The zero-order valence-corrected chi connectivity index (χ0v) is 11.0. The molecule has 0 aromatic carbocycles. The molecule has 1 fully saturated rings. The van der Waals surface area contributed by atoms with Gasteiger partial charge in [0.15, 0.2) is 5.25 Å². The summed E-state index contributed by atoms with van der Waals surface area (Å²) in [7, 11) is -3.48. The topological polar surface area (TPSA) is 85.2 Å². The summed E-state index contributed by atoms with van der Waals surface area (Å²) in [5.41, 5.74) is 0. The molecule has 17 heavy (non-hydrogen) atoms. The maximum atomic E-state index is 11.7. The molecule has 0 spiro atoms. The Labute approximate surface area is 103 Å². The molecule has 1 rings (SSSR count). The molecule has 1 atom stereocenters. The van der Waals surface area contributed by atoms with Crippen molar-refractivity contribution in [1.29, 1.82) is 5.26 Å². The second-order valence-electron chi connectivity index (χ2n) is 4.06. The Morgan fingerprint density at radius 1 is 1.47 bits per heavy atom. The van der Waals surface area contributed by atoms with E-state index >= 15 is 0 Å². The first-order valence-corrected chi connectivity index (χ1v) is 7.46. The van der Waals surface area contributed by atoms with Crippen LogP contribution in [0.4, 0.5) is 0 Å². The molecule has 2 N–H and O–H groups in total. The van der Waals surface area contributed by atoms with E-state index in [1.165, 1.54) is 0 Å². The summed E-state index contributed by atoms with van der Waals surface area (Å²) in [6.45, 7) is 6.55. The van der Waals surface area contributed by atoms with Crippen LogP contribution in [0.2, 0.25) is 0 Å². The van der Waals surface area contributed by atoms with Crippen LogP contribution in [0.25, 0.3) is 0 Å². The van der Waals surface area contributed by atoms with Gasteiger partial charge in [-0.05, 0) is 6.42 Å². The van der Waals surface area contributed by atoms with Gasteiger partial charge in [-0.25, -0.2) is 13.1 Å². The predicted octanol–water partition coefficient (Wildman–Crippen LogP) is -0.887. The van der Waals surface area contributed by atoms with E-state index < -0.39 is 15.3 Å². The van der Waals surface area contributed by atoms with Crippen molar-refractivity contribution in [1.82, 2.24) is 14.9 Å². The third-order valence-corrected chi connectivity index (χ3v) is 4.62. The Morgan fingerprint density at radius 2 is 2.12 bits per heavy atom. The van der Waals surface area contributed by atoms with Crippen molar-refractivity contribution < 1.29 is 8.42 Å². The molecule has 1 heterocycles. The Kier molecular flexibility index (Phi) is 5.85. The summed E-state index contributed by atoms with van der Waals surface area (Å²) in [4.78, 5) is 2.20. The van der Waals surface area contributed by atoms with E-state index in [0.717, 1.165) is 26.2 Å². The van der Waals surface area contributed by atoms with Crippen LogP contribution in [0, 0.1) is 11.3 Å². The van der Waals surface area contributed by atoms with Crippen LogP contribution in [0.5, 0.6) is 0 Å². The summed E-state index contributed by atoms with van der Waals surface area (Å²) < 4.78 is 25.8. The van der Waals surface area contributed by atoms with Crippen LogP contribution in [-0.2, 0) is 10.0 Å². The van der Waals surface area contributed by atoms with Crippen LogP contribution in [0.15, 0.2) is 0 Å². The fraction of sp³-hybridized carbons (Fsp3) is 0.900. The second kappa shape index (κ2) is 6.91. The van der Waals surface area contributed by atoms with Crippen LogP contribution in [-0.4, -0.2) is 57.8 Å². The molecule has 1 saturated heterocycles. The molecule has 7 heteroatoms. The molecule has 1 unspecified atom stereocenters. The molecule has 98 valence electrons. The summed E-state index contributed by atoms with van der Waals surface area (Å²) in [6, 6.07) is 1.81. The highest BCUT2D eigenvalue weighted by Gasteiger charge is 2.22. The molecule has 0 radical (unpaired) electrons. The van der Waals surface area contributed by atoms with Crippen molar-refractivity contribution in [2.45, 2.75) is 18.6 Å². The van der Waals surface area contributed by atoms with Gasteiger partial charge in [0.25, 0.3) is 0 Å². The standard InChI is InChI=1S/C10H20N4O2S/c1-2-10(9-11)17(15,16)13-5-8-14-6-3-12-4-7-14/h10,12-13H,2-8H2,1H3. The molecule has 1 aliphatic rings. The maximum absolute atomic E-state index is 11.7. The van der Waals surface area contributed by atoms with Crippen molar-refractivity contribution in [2.24, 2.45) is 0 Å². The van der Waals surface area contributed by atoms with E-state index in [1.54, 1.807) is 13.0 Å². The summed E-state index contributed by atoms with van der Waals surface area (Å²) in [5.74, 6) is 0. The number of nitrogens with one attached hydrogen (secondary N) is 2. The highest BCUT2D eigenvalue weighted by Crippen LogP contribution is 2.02. The molecular weight excluding hydrogens is 240 g/mol. The molecule has 0 aromatic rings. The number of nitrogens with zero attached hydrogens (tertiary/aromatic N) is 2. The number of sulfonamides is 1. The highest BCUT2D eigenvalue weighted by atomic mass is 32.2. The molecule has 0 aromatic heterocycles. The van der Waals surface area contributed by atoms with E-state index in [1.807, 2.05) is 0 Å². The minimum atomic E-state index is -3.48. The van der Waals surface area contributed by atoms with Gasteiger partial charge in [0.2, 0.25) is 10.0 Å². The van der Waals surface area contributed by atoms with Crippen LogP contribution in [0.1, 0.15) is 13.3 Å². The molecular formula is C10H20N4O2S. The Balaban J connectivity index is 2.32. The molecule has 6 nitrogen and oxygen atoms in total. The molecule has 0 amide bonds. The molecule has 0 aliphatic carbocycles. The Morgan fingerprint density at radius 3 is 2.65 bits per heavy atom.